The molecule has 87 heavy (non-hydrogen) atoms. The Hall–Kier alpha value is -9.98. The van der Waals surface area contributed by atoms with Crippen LogP contribution in [0, 0.1) is 11.8 Å². The average molecular weight is 1190 g/mol. The third-order valence-corrected chi connectivity index (χ3v) is 14.9. The summed E-state index contributed by atoms with van der Waals surface area (Å²) in [5, 5.41) is 26.4. The molecule has 25 nitrogen and oxygen atoms in total. The molecule has 6 aromatic heterocycles. The molecular formula is C62H72N14O11. The minimum Gasteiger partial charge on any atom is -0.480 e. The van der Waals surface area contributed by atoms with Crippen molar-refractivity contribution in [2.75, 3.05) is 64.2 Å². The SMILES string of the molecule is CC[C@H]1CN(C(=O)OCc2ccccc2)C[C@H]1Nc1c(C(N)=O)cnn2cc(-c3ccc(CN)nc3)cc12.CC[C@H]1CN(C(=O)OCc2ccccc2)C[C@H]1Nc1c(C(N)=O)cnn2cc(-c3ccc(CNC(=O)COC)nc3)cc12.COCC(=O)O. The highest BCUT2D eigenvalue weighted by Gasteiger charge is 2.38. The molecule has 4 atom stereocenters. The van der Waals surface area contributed by atoms with Crippen molar-refractivity contribution in [2.45, 2.75) is 65.1 Å². The highest BCUT2D eigenvalue weighted by atomic mass is 16.6. The molecule has 8 aromatic rings. The molecule has 0 bridgehead atoms. The molecule has 2 saturated heterocycles. The molecule has 8 heterocycles. The highest BCUT2D eigenvalue weighted by Crippen LogP contribution is 2.34. The number of anilines is 2. The predicted molar refractivity (Wildman–Crippen MR) is 324 cm³/mol. The topological polar surface area (TPSA) is 341 Å². The van der Waals surface area contributed by atoms with Gasteiger partial charge in [0, 0.05) is 106 Å². The number of aliphatic carboxylic acids is 1. The summed E-state index contributed by atoms with van der Waals surface area (Å²) in [6.45, 7) is 6.96. The number of likely N-dealkylation sites (tertiary alicyclic amines) is 2. The lowest BCUT2D eigenvalue weighted by Gasteiger charge is -2.21. The van der Waals surface area contributed by atoms with Crippen LogP contribution in [-0.2, 0) is 54.8 Å². The van der Waals surface area contributed by atoms with Crippen molar-refractivity contribution in [3.05, 3.63) is 168 Å². The van der Waals surface area contributed by atoms with E-state index in [-0.39, 0.29) is 80.5 Å². The standard InChI is InChI=1S/C31H35N7O5.C28H31N7O3.C3H6O3/c1-3-21-15-37(31(41)43-18-20-7-5-4-6-8-20)17-26(21)36-29-25(30(32)40)14-35-38-16-23(11-27(29)38)22-9-10-24(33-12-22)13-34-28(39)19-42-2;1-2-19-14-34(28(37)38-17-18-6-4-3-5-7-18)16-24(19)33-26-23(27(30)36)13-32-35-15-21(10-25(26)35)20-8-9-22(11-29)31-12-20;1-6-2-3(4)5/h4-12,14,16,21,26,36H,3,13,15,17-19H2,1-2H3,(H2,32,40)(H,34,39);3-10,12-13,15,19,24,33H,2,11,14,16-17,29H2,1H3,(H2,30,36);2H2,1H3,(H,4,5)/t21-,26+;19-,24+;/m00./s1. The van der Waals surface area contributed by atoms with Crippen LogP contribution in [0.4, 0.5) is 21.0 Å². The van der Waals surface area contributed by atoms with E-state index < -0.39 is 17.8 Å². The highest BCUT2D eigenvalue weighted by molar-refractivity contribution is 6.03. The van der Waals surface area contributed by atoms with Crippen LogP contribution in [0.5, 0.6) is 0 Å². The summed E-state index contributed by atoms with van der Waals surface area (Å²) in [6, 6.07) is 30.4. The molecule has 2 fully saturated rings. The fourth-order valence-corrected chi connectivity index (χ4v) is 10.2. The molecule has 2 aliphatic heterocycles. The number of carbonyl (C=O) groups is 6. The molecule has 0 saturated carbocycles. The van der Waals surface area contributed by atoms with Gasteiger partial charge in [-0.2, -0.15) is 10.2 Å². The van der Waals surface area contributed by atoms with E-state index >= 15 is 0 Å². The number of amides is 5. The molecule has 2 aliphatic rings. The number of ether oxygens (including phenoxy) is 4. The molecule has 0 spiro atoms. The molecule has 0 radical (unpaired) electrons. The van der Waals surface area contributed by atoms with Crippen LogP contribution in [0.1, 0.15) is 69.9 Å². The second-order valence-corrected chi connectivity index (χ2v) is 20.8. The predicted octanol–water partition coefficient (Wildman–Crippen LogP) is 6.35. The van der Waals surface area contributed by atoms with Crippen molar-refractivity contribution in [1.29, 1.82) is 0 Å². The first kappa shape index (κ1) is 63.1. The smallest absolute Gasteiger partial charge is 0.410 e. The van der Waals surface area contributed by atoms with Crippen molar-refractivity contribution in [3.63, 3.8) is 0 Å². The largest absolute Gasteiger partial charge is 0.480 e. The Morgan fingerprint density at radius 1 is 0.586 bits per heavy atom. The number of primary amides is 2. The van der Waals surface area contributed by atoms with E-state index in [9.17, 15) is 28.8 Å². The van der Waals surface area contributed by atoms with Gasteiger partial charge < -0.3 is 67.0 Å². The molecule has 25 heteroatoms. The van der Waals surface area contributed by atoms with Crippen LogP contribution < -0.4 is 33.2 Å². The zero-order chi connectivity index (χ0) is 62.0. The number of nitrogens with two attached hydrogens (primary N) is 3. The Kier molecular flexibility index (Phi) is 21.9. The summed E-state index contributed by atoms with van der Waals surface area (Å²) < 4.78 is 23.6. The fourth-order valence-electron chi connectivity index (χ4n) is 10.2. The van der Waals surface area contributed by atoms with Crippen molar-refractivity contribution < 1.29 is 52.8 Å². The Balaban J connectivity index is 0.000000208. The number of carboxylic acids is 1. The van der Waals surface area contributed by atoms with Gasteiger partial charge in [-0.05, 0) is 60.1 Å². The molecule has 456 valence electrons. The number of nitrogens with one attached hydrogen (secondary N) is 3. The van der Waals surface area contributed by atoms with Gasteiger partial charge in [-0.1, -0.05) is 86.6 Å². The number of aromatic nitrogens is 6. The Morgan fingerprint density at radius 2 is 1.03 bits per heavy atom. The fraction of sp³-hybridized carbons (Fsp3) is 0.323. The van der Waals surface area contributed by atoms with E-state index in [4.69, 9.17) is 36.5 Å². The monoisotopic (exact) mass is 1190 g/mol. The van der Waals surface area contributed by atoms with Crippen LogP contribution in [0.3, 0.4) is 0 Å². The maximum absolute atomic E-state index is 12.9. The zero-order valence-electron chi connectivity index (χ0n) is 48.8. The number of benzene rings is 2. The maximum Gasteiger partial charge on any atom is 0.410 e. The Labute approximate surface area is 502 Å². The number of fused-ring (bicyclic) bond motifs is 2. The van der Waals surface area contributed by atoms with Gasteiger partial charge in [0.05, 0.1) is 63.9 Å². The van der Waals surface area contributed by atoms with Crippen molar-refractivity contribution in [3.8, 4) is 22.3 Å². The number of rotatable bonds is 21. The molecule has 2 aromatic carbocycles. The summed E-state index contributed by atoms with van der Waals surface area (Å²) in [4.78, 5) is 84.0. The van der Waals surface area contributed by atoms with Crippen LogP contribution in [0.15, 0.2) is 134 Å². The van der Waals surface area contributed by atoms with E-state index in [2.05, 4.69) is 54.7 Å². The van der Waals surface area contributed by atoms with Crippen LogP contribution in [-0.4, -0.2) is 146 Å². The first-order valence-corrected chi connectivity index (χ1v) is 28.2. The molecule has 5 amide bonds. The van der Waals surface area contributed by atoms with Crippen LogP contribution >= 0.6 is 0 Å². The van der Waals surface area contributed by atoms with Gasteiger partial charge in [-0.15, -0.1) is 0 Å². The minimum atomic E-state index is -0.933. The normalized spacial score (nSPS) is 16.1. The van der Waals surface area contributed by atoms with E-state index in [0.717, 1.165) is 51.9 Å². The van der Waals surface area contributed by atoms with Gasteiger partial charge in [-0.3, -0.25) is 24.4 Å². The van der Waals surface area contributed by atoms with Gasteiger partial charge in [0.2, 0.25) is 5.91 Å². The number of nitrogens with zero attached hydrogens (tertiary/aromatic N) is 8. The number of carbonyl (C=O) groups excluding carboxylic acids is 5. The first-order chi connectivity index (χ1) is 42.1. The van der Waals surface area contributed by atoms with Crippen molar-refractivity contribution >= 4 is 58.3 Å². The Bertz CT molecular complexity index is 3640. The molecule has 10 rings (SSSR count). The third-order valence-electron chi connectivity index (χ3n) is 14.9. The van der Waals surface area contributed by atoms with E-state index in [1.807, 2.05) is 109 Å². The number of hydrogen-bond acceptors (Lipinski definition) is 17. The van der Waals surface area contributed by atoms with Gasteiger partial charge >= 0.3 is 18.2 Å². The lowest BCUT2D eigenvalue weighted by Crippen LogP contribution is -2.33. The number of pyridine rings is 2. The molecular weight excluding hydrogens is 1120 g/mol. The quantitative estimate of drug-likeness (QED) is 0.0412. The maximum atomic E-state index is 12.9. The van der Waals surface area contributed by atoms with E-state index in [1.165, 1.54) is 26.6 Å². The van der Waals surface area contributed by atoms with Gasteiger partial charge in [0.1, 0.15) is 26.4 Å². The van der Waals surface area contributed by atoms with Crippen LogP contribution in [0.2, 0.25) is 0 Å². The number of methoxy groups -OCH3 is 2. The lowest BCUT2D eigenvalue weighted by molar-refractivity contribution is -0.141. The molecule has 10 N–H and O–H groups in total. The third kappa shape index (κ3) is 16.5. The van der Waals surface area contributed by atoms with E-state index in [1.54, 1.807) is 31.2 Å². The summed E-state index contributed by atoms with van der Waals surface area (Å²) in [6.07, 6.45) is 11.1. The van der Waals surface area contributed by atoms with Crippen molar-refractivity contribution in [2.24, 2.45) is 29.0 Å². The summed E-state index contributed by atoms with van der Waals surface area (Å²) >= 11 is 0. The Morgan fingerprint density at radius 3 is 1.40 bits per heavy atom. The zero-order valence-corrected chi connectivity index (χ0v) is 48.8. The van der Waals surface area contributed by atoms with Gasteiger partial charge in [0.15, 0.2) is 0 Å². The van der Waals surface area contributed by atoms with Crippen molar-refractivity contribution in [1.82, 2.24) is 44.3 Å². The second-order valence-electron chi connectivity index (χ2n) is 20.8. The lowest BCUT2D eigenvalue weighted by atomic mass is 10.00. The molecule has 0 unspecified atom stereocenters. The van der Waals surface area contributed by atoms with Gasteiger partial charge in [-0.25, -0.2) is 23.4 Å². The summed E-state index contributed by atoms with van der Waals surface area (Å²) in [5.41, 5.74) is 27.1. The summed E-state index contributed by atoms with van der Waals surface area (Å²) in [5.74, 6) is -2.04. The second kappa shape index (κ2) is 30.2. The number of carboxylic acid groups (broad SMARTS) is 1. The first-order valence-electron chi connectivity index (χ1n) is 28.2. The number of hydrogen-bond donors (Lipinski definition) is 7. The van der Waals surface area contributed by atoms with E-state index in [0.29, 0.717) is 66.4 Å². The minimum absolute atomic E-state index is 0.0116. The van der Waals surface area contributed by atoms with Gasteiger partial charge in [0.25, 0.3) is 11.8 Å². The van der Waals surface area contributed by atoms with Crippen LogP contribution in [0.25, 0.3) is 33.3 Å². The molecule has 0 aliphatic carbocycles. The average Bonchev–Trinajstić information content (AvgIpc) is 1.91. The summed E-state index contributed by atoms with van der Waals surface area (Å²) in [7, 11) is 2.81.